The summed E-state index contributed by atoms with van der Waals surface area (Å²) in [7, 11) is 0. The monoisotopic (exact) mass is 420 g/mol. The molecule has 0 unspecified atom stereocenters. The lowest BCUT2D eigenvalue weighted by Gasteiger charge is -2.13. The Morgan fingerprint density at radius 3 is 2.75 bits per heavy atom. The Morgan fingerprint density at radius 2 is 2.15 bits per heavy atom. The molecule has 1 heterocycles. The van der Waals surface area contributed by atoms with Crippen molar-refractivity contribution < 1.29 is 9.53 Å². The van der Waals surface area contributed by atoms with Crippen LogP contribution < -0.4 is 10.1 Å². The summed E-state index contributed by atoms with van der Waals surface area (Å²) >= 11 is 12.7. The van der Waals surface area contributed by atoms with E-state index in [2.05, 4.69) is 42.2 Å². The molecule has 2 rings (SSSR count). The van der Waals surface area contributed by atoms with Crippen molar-refractivity contribution in [1.82, 2.24) is 4.98 Å². The van der Waals surface area contributed by atoms with E-state index in [9.17, 15) is 4.79 Å². The van der Waals surface area contributed by atoms with Gasteiger partial charge in [0.2, 0.25) is 0 Å². The topological polar surface area (TPSA) is 54.1 Å². The van der Waals surface area contributed by atoms with Gasteiger partial charge in [-0.3, -0.25) is 4.79 Å². The van der Waals surface area contributed by atoms with Crippen LogP contribution >= 0.6 is 43.5 Å². The zero-order valence-corrected chi connectivity index (χ0v) is 14.4. The summed E-state index contributed by atoms with van der Waals surface area (Å²) in [5, 5.41) is 3.28. The van der Waals surface area contributed by atoms with Crippen molar-refractivity contribution in [2.24, 2.45) is 0 Å². The summed E-state index contributed by atoms with van der Waals surface area (Å²) in [4.78, 5) is 15.0. The van der Waals surface area contributed by atoms with E-state index in [4.69, 9.17) is 16.3 Å². The lowest BCUT2D eigenvalue weighted by Crippen LogP contribution is -2.13. The second-order valence-electron chi connectivity index (χ2n) is 3.88. The summed E-state index contributed by atoms with van der Waals surface area (Å²) < 4.78 is 7.02. The molecule has 0 saturated carbocycles. The fourth-order valence-corrected chi connectivity index (χ4v) is 2.90. The Bertz CT molecular complexity index is 643. The molecule has 2 N–H and O–H groups in total. The van der Waals surface area contributed by atoms with E-state index < -0.39 is 0 Å². The number of rotatable bonds is 4. The molecule has 20 heavy (non-hydrogen) atoms. The Labute approximate surface area is 138 Å². The molecule has 0 fully saturated rings. The molecule has 2 aromatic rings. The highest BCUT2D eigenvalue weighted by Gasteiger charge is 2.15. The van der Waals surface area contributed by atoms with Gasteiger partial charge in [-0.15, -0.1) is 0 Å². The molecule has 7 heteroatoms. The first-order chi connectivity index (χ1) is 9.51. The van der Waals surface area contributed by atoms with Crippen molar-refractivity contribution in [3.8, 4) is 5.75 Å². The van der Waals surface area contributed by atoms with E-state index in [-0.39, 0.29) is 5.91 Å². The third-order valence-electron chi connectivity index (χ3n) is 2.44. The third-order valence-corrected chi connectivity index (χ3v) is 3.70. The fourth-order valence-electron chi connectivity index (χ4n) is 1.63. The highest BCUT2D eigenvalue weighted by atomic mass is 79.9. The maximum absolute atomic E-state index is 12.1. The van der Waals surface area contributed by atoms with Crippen LogP contribution in [0.25, 0.3) is 0 Å². The molecule has 0 aliphatic rings. The number of nitrogens with one attached hydrogen (secondary N) is 2. The second-order valence-corrected chi connectivity index (χ2v) is 6.09. The van der Waals surface area contributed by atoms with Crippen molar-refractivity contribution in [3.63, 3.8) is 0 Å². The van der Waals surface area contributed by atoms with Crippen LogP contribution in [0.1, 0.15) is 17.4 Å². The quantitative estimate of drug-likeness (QED) is 0.741. The molecule has 0 aliphatic carbocycles. The van der Waals surface area contributed by atoms with Crippen LogP contribution in [-0.2, 0) is 0 Å². The molecule has 0 atom stereocenters. The molecular formula is C13H11Br2ClN2O2. The van der Waals surface area contributed by atoms with Gasteiger partial charge in [0.25, 0.3) is 5.91 Å². The van der Waals surface area contributed by atoms with E-state index in [0.29, 0.717) is 33.2 Å². The van der Waals surface area contributed by atoms with Gasteiger partial charge < -0.3 is 15.0 Å². The smallest absolute Gasteiger partial charge is 0.272 e. The largest absolute Gasteiger partial charge is 0.491 e. The van der Waals surface area contributed by atoms with Gasteiger partial charge in [0.15, 0.2) is 5.75 Å². The zero-order valence-electron chi connectivity index (χ0n) is 10.5. The van der Waals surface area contributed by atoms with E-state index in [1.807, 2.05) is 6.92 Å². The lowest BCUT2D eigenvalue weighted by atomic mass is 10.2. The first kappa shape index (κ1) is 15.4. The fraction of sp³-hybridized carbons (Fsp3) is 0.154. The number of hydrogen-bond acceptors (Lipinski definition) is 2. The number of anilines is 1. The summed E-state index contributed by atoms with van der Waals surface area (Å²) in [6, 6.07) is 5.05. The molecule has 0 bridgehead atoms. The molecule has 1 amide bonds. The van der Waals surface area contributed by atoms with E-state index >= 15 is 0 Å². The summed E-state index contributed by atoms with van der Waals surface area (Å²) in [5.41, 5.74) is 0.956. The SMILES string of the molecule is CCOc1c(Br)cc(Cl)cc1NC(=O)c1cc(Br)c[nH]1. The predicted octanol–water partition coefficient (Wildman–Crippen LogP) is 4.84. The van der Waals surface area contributed by atoms with Crippen LogP contribution in [0.5, 0.6) is 5.75 Å². The molecule has 106 valence electrons. The van der Waals surface area contributed by atoms with Gasteiger partial charge in [0.05, 0.1) is 16.8 Å². The average Bonchev–Trinajstić information content (AvgIpc) is 2.80. The second kappa shape index (κ2) is 6.65. The predicted molar refractivity (Wildman–Crippen MR) is 86.8 cm³/mol. The summed E-state index contributed by atoms with van der Waals surface area (Å²) in [6.45, 7) is 2.35. The molecule has 0 radical (unpaired) electrons. The number of benzene rings is 1. The van der Waals surface area contributed by atoms with Gasteiger partial charge in [0.1, 0.15) is 5.69 Å². The number of aromatic amines is 1. The standard InChI is InChI=1S/C13H11Br2ClN2O2/c1-2-20-12-9(15)4-8(16)5-10(12)18-13(19)11-3-7(14)6-17-11/h3-6,17H,2H2,1H3,(H,18,19). The Morgan fingerprint density at radius 1 is 1.40 bits per heavy atom. The minimum absolute atomic E-state index is 0.272. The van der Waals surface area contributed by atoms with Crippen LogP contribution in [0.3, 0.4) is 0 Å². The van der Waals surface area contributed by atoms with Crippen molar-refractivity contribution in [2.75, 3.05) is 11.9 Å². The molecule has 4 nitrogen and oxygen atoms in total. The van der Waals surface area contributed by atoms with Crippen LogP contribution in [-0.4, -0.2) is 17.5 Å². The minimum Gasteiger partial charge on any atom is -0.491 e. The van der Waals surface area contributed by atoms with E-state index in [0.717, 1.165) is 4.47 Å². The van der Waals surface area contributed by atoms with Crippen molar-refractivity contribution in [1.29, 1.82) is 0 Å². The normalized spacial score (nSPS) is 10.4. The van der Waals surface area contributed by atoms with Crippen molar-refractivity contribution in [3.05, 3.63) is 44.1 Å². The lowest BCUT2D eigenvalue weighted by molar-refractivity contribution is 0.102. The number of ether oxygens (including phenoxy) is 1. The van der Waals surface area contributed by atoms with Gasteiger partial charge in [-0.2, -0.15) is 0 Å². The molecule has 0 aliphatic heterocycles. The zero-order chi connectivity index (χ0) is 14.7. The first-order valence-electron chi connectivity index (χ1n) is 5.78. The number of carbonyl (C=O) groups excluding carboxylic acids is 1. The molecular weight excluding hydrogens is 411 g/mol. The van der Waals surface area contributed by atoms with Gasteiger partial charge in [-0.25, -0.2) is 0 Å². The number of H-pyrrole nitrogens is 1. The Balaban J connectivity index is 2.30. The highest BCUT2D eigenvalue weighted by molar-refractivity contribution is 9.10. The van der Waals surface area contributed by atoms with Crippen molar-refractivity contribution >= 4 is 55.1 Å². The number of amides is 1. The number of halogens is 3. The summed E-state index contributed by atoms with van der Waals surface area (Å²) in [5.74, 6) is 0.279. The van der Waals surface area contributed by atoms with Gasteiger partial charge >= 0.3 is 0 Å². The average molecular weight is 423 g/mol. The number of hydrogen-bond donors (Lipinski definition) is 2. The molecule has 0 spiro atoms. The first-order valence-corrected chi connectivity index (χ1v) is 7.74. The van der Waals surface area contributed by atoms with Crippen LogP contribution in [0.15, 0.2) is 33.3 Å². The van der Waals surface area contributed by atoms with E-state index in [1.54, 1.807) is 24.4 Å². The van der Waals surface area contributed by atoms with Gasteiger partial charge in [0, 0.05) is 15.7 Å². The van der Waals surface area contributed by atoms with Crippen LogP contribution in [0, 0.1) is 0 Å². The highest BCUT2D eigenvalue weighted by Crippen LogP contribution is 2.36. The molecule has 0 saturated heterocycles. The van der Waals surface area contributed by atoms with Gasteiger partial charge in [-0.05, 0) is 57.0 Å². The Kier molecular flexibility index (Phi) is 5.12. The van der Waals surface area contributed by atoms with Gasteiger partial charge in [-0.1, -0.05) is 11.6 Å². The number of aromatic nitrogens is 1. The number of carbonyl (C=O) groups is 1. The third kappa shape index (κ3) is 3.56. The minimum atomic E-state index is -0.272. The molecule has 1 aromatic heterocycles. The Hall–Kier alpha value is -0.980. The van der Waals surface area contributed by atoms with Crippen LogP contribution in [0.4, 0.5) is 5.69 Å². The van der Waals surface area contributed by atoms with Crippen molar-refractivity contribution in [2.45, 2.75) is 6.92 Å². The maximum Gasteiger partial charge on any atom is 0.272 e. The van der Waals surface area contributed by atoms with E-state index in [1.165, 1.54) is 0 Å². The molecule has 1 aromatic carbocycles. The summed E-state index contributed by atoms with van der Waals surface area (Å²) in [6.07, 6.45) is 1.69. The maximum atomic E-state index is 12.1. The van der Waals surface area contributed by atoms with Crippen LogP contribution in [0.2, 0.25) is 5.02 Å².